The number of allylic oxidation sites excluding steroid dienone is 2. The minimum absolute atomic E-state index is 0.256. The van der Waals surface area contributed by atoms with Crippen LogP contribution in [0.5, 0.6) is 0 Å². The number of hydrogen-bond acceptors (Lipinski definition) is 1. The molecule has 2 heteroatoms. The monoisotopic (exact) mass is 160 g/mol. The second kappa shape index (κ2) is 5.48. The van der Waals surface area contributed by atoms with Gasteiger partial charge in [-0.25, -0.2) is 0 Å². The van der Waals surface area contributed by atoms with Crippen molar-refractivity contribution in [1.29, 1.82) is 0 Å². The van der Waals surface area contributed by atoms with Crippen LogP contribution in [0.2, 0.25) is 0 Å². The van der Waals surface area contributed by atoms with Crippen molar-refractivity contribution in [2.24, 2.45) is 5.92 Å². The first-order chi connectivity index (χ1) is 4.66. The molecule has 0 fully saturated rings. The highest BCUT2D eigenvalue weighted by Gasteiger charge is 2.01. The molecule has 0 rings (SSSR count). The summed E-state index contributed by atoms with van der Waals surface area (Å²) in [5.41, 5.74) is 0. The summed E-state index contributed by atoms with van der Waals surface area (Å²) in [6, 6.07) is 0. The zero-order valence-corrected chi connectivity index (χ0v) is 7.19. The lowest BCUT2D eigenvalue weighted by molar-refractivity contribution is -0.112. The smallest absolute Gasteiger partial charge is 0.222 e. The van der Waals surface area contributed by atoms with E-state index in [1.54, 1.807) is 0 Å². The molecule has 0 aromatic rings. The summed E-state index contributed by atoms with van der Waals surface area (Å²) in [6.07, 6.45) is 5.52. The van der Waals surface area contributed by atoms with Crippen LogP contribution in [0.25, 0.3) is 0 Å². The fraction of sp³-hybridized carbons (Fsp3) is 0.625. The summed E-state index contributed by atoms with van der Waals surface area (Å²) < 4.78 is 0. The molecule has 10 heavy (non-hydrogen) atoms. The van der Waals surface area contributed by atoms with E-state index in [9.17, 15) is 4.79 Å². The van der Waals surface area contributed by atoms with Crippen LogP contribution in [0.3, 0.4) is 0 Å². The maximum absolute atomic E-state index is 10.3. The van der Waals surface area contributed by atoms with Gasteiger partial charge in [-0.15, -0.1) is 0 Å². The summed E-state index contributed by atoms with van der Waals surface area (Å²) in [6.45, 7) is 4.04. The maximum Gasteiger partial charge on any atom is 0.222 e. The Hall–Kier alpha value is -0.300. The first kappa shape index (κ1) is 9.70. The molecule has 0 aliphatic heterocycles. The Bertz CT molecular complexity index is 129. The van der Waals surface area contributed by atoms with Gasteiger partial charge in [0, 0.05) is 6.42 Å². The number of rotatable bonds is 4. The average Bonchev–Trinajstić information content (AvgIpc) is 1.82. The summed E-state index contributed by atoms with van der Waals surface area (Å²) in [5, 5.41) is -0.256. The van der Waals surface area contributed by atoms with Crippen LogP contribution in [0, 0.1) is 5.92 Å². The molecule has 0 saturated carbocycles. The third-order valence-electron chi connectivity index (χ3n) is 1.18. The van der Waals surface area contributed by atoms with E-state index in [0.717, 1.165) is 6.42 Å². The van der Waals surface area contributed by atoms with E-state index in [1.165, 1.54) is 0 Å². The van der Waals surface area contributed by atoms with Crippen molar-refractivity contribution in [2.75, 3.05) is 0 Å². The Labute approximate surface area is 67.1 Å². The molecular formula is C8H13ClO. The van der Waals surface area contributed by atoms with Crippen molar-refractivity contribution in [3.8, 4) is 0 Å². The number of halogens is 1. The summed E-state index contributed by atoms with van der Waals surface area (Å²) in [4.78, 5) is 10.3. The van der Waals surface area contributed by atoms with E-state index in [1.807, 2.05) is 19.1 Å². The van der Waals surface area contributed by atoms with E-state index in [2.05, 4.69) is 6.92 Å². The number of carbonyl (C=O) groups excluding carboxylic acids is 1. The average molecular weight is 161 g/mol. The van der Waals surface area contributed by atoms with Gasteiger partial charge in [0.15, 0.2) is 0 Å². The Balaban J connectivity index is 3.52. The van der Waals surface area contributed by atoms with Crippen molar-refractivity contribution < 1.29 is 4.79 Å². The molecule has 58 valence electrons. The van der Waals surface area contributed by atoms with Gasteiger partial charge in [0.05, 0.1) is 0 Å². The highest BCUT2D eigenvalue weighted by atomic mass is 35.5. The molecule has 0 aromatic heterocycles. The summed E-state index contributed by atoms with van der Waals surface area (Å²) in [7, 11) is 0. The molecule has 0 saturated heterocycles. The van der Waals surface area contributed by atoms with Crippen LogP contribution in [0.15, 0.2) is 12.2 Å². The van der Waals surface area contributed by atoms with E-state index in [0.29, 0.717) is 6.42 Å². The van der Waals surface area contributed by atoms with Gasteiger partial charge in [-0.05, 0) is 23.9 Å². The molecule has 0 bridgehead atoms. The lowest BCUT2D eigenvalue weighted by atomic mass is 10.1. The third-order valence-corrected chi connectivity index (χ3v) is 1.34. The van der Waals surface area contributed by atoms with Gasteiger partial charge in [0.1, 0.15) is 0 Å². The van der Waals surface area contributed by atoms with Crippen LogP contribution in [-0.4, -0.2) is 5.24 Å². The fourth-order valence-electron chi connectivity index (χ4n) is 0.690. The maximum atomic E-state index is 10.3. The standard InChI is InChI=1S/C8H13ClO/c1-3-4-5-7(2)6-8(9)10/h4-5,7H,3,6H2,1-2H3. The minimum atomic E-state index is -0.256. The highest BCUT2D eigenvalue weighted by molar-refractivity contribution is 6.63. The van der Waals surface area contributed by atoms with Gasteiger partial charge in [0.25, 0.3) is 0 Å². The molecule has 0 aliphatic rings. The summed E-state index contributed by atoms with van der Waals surface area (Å²) >= 11 is 5.18. The van der Waals surface area contributed by atoms with Crippen LogP contribution in [0.1, 0.15) is 26.7 Å². The normalized spacial score (nSPS) is 13.9. The Morgan fingerprint density at radius 2 is 2.30 bits per heavy atom. The quantitative estimate of drug-likeness (QED) is 0.457. The molecule has 0 amide bonds. The first-order valence-corrected chi connectivity index (χ1v) is 3.89. The minimum Gasteiger partial charge on any atom is -0.281 e. The lowest BCUT2D eigenvalue weighted by Crippen LogP contribution is -1.95. The van der Waals surface area contributed by atoms with Gasteiger partial charge in [-0.3, -0.25) is 4.79 Å². The number of carbonyl (C=O) groups is 1. The Morgan fingerprint density at radius 3 is 2.70 bits per heavy atom. The second-order valence-corrected chi connectivity index (χ2v) is 2.79. The van der Waals surface area contributed by atoms with Gasteiger partial charge in [-0.2, -0.15) is 0 Å². The number of hydrogen-bond donors (Lipinski definition) is 0. The highest BCUT2D eigenvalue weighted by Crippen LogP contribution is 2.06. The molecule has 0 aliphatic carbocycles. The van der Waals surface area contributed by atoms with Gasteiger partial charge >= 0.3 is 0 Å². The van der Waals surface area contributed by atoms with Gasteiger partial charge in [0.2, 0.25) is 5.24 Å². The van der Waals surface area contributed by atoms with Crippen LogP contribution in [-0.2, 0) is 4.79 Å². The van der Waals surface area contributed by atoms with Crippen molar-refractivity contribution in [1.82, 2.24) is 0 Å². The van der Waals surface area contributed by atoms with E-state index in [4.69, 9.17) is 11.6 Å². The largest absolute Gasteiger partial charge is 0.281 e. The molecular weight excluding hydrogens is 148 g/mol. The van der Waals surface area contributed by atoms with Crippen molar-refractivity contribution in [3.63, 3.8) is 0 Å². The molecule has 1 atom stereocenters. The Kier molecular flexibility index (Phi) is 5.32. The topological polar surface area (TPSA) is 17.1 Å². The zero-order valence-electron chi connectivity index (χ0n) is 6.43. The first-order valence-electron chi connectivity index (χ1n) is 3.51. The van der Waals surface area contributed by atoms with Crippen LogP contribution >= 0.6 is 11.6 Å². The van der Waals surface area contributed by atoms with Crippen LogP contribution in [0.4, 0.5) is 0 Å². The van der Waals surface area contributed by atoms with E-state index >= 15 is 0 Å². The molecule has 0 aromatic carbocycles. The van der Waals surface area contributed by atoms with Crippen molar-refractivity contribution >= 4 is 16.8 Å². The molecule has 0 N–H and O–H groups in total. The van der Waals surface area contributed by atoms with Crippen molar-refractivity contribution in [2.45, 2.75) is 26.7 Å². The predicted molar refractivity (Wildman–Crippen MR) is 44.1 cm³/mol. The predicted octanol–water partition coefficient (Wildman–Crippen LogP) is 2.74. The SMILES string of the molecule is CCC=CC(C)CC(=O)Cl. The Morgan fingerprint density at radius 1 is 1.70 bits per heavy atom. The van der Waals surface area contributed by atoms with E-state index in [-0.39, 0.29) is 11.2 Å². The van der Waals surface area contributed by atoms with Gasteiger partial charge < -0.3 is 0 Å². The summed E-state index contributed by atoms with van der Waals surface area (Å²) in [5.74, 6) is 0.282. The van der Waals surface area contributed by atoms with E-state index < -0.39 is 0 Å². The fourth-order valence-corrected chi connectivity index (χ4v) is 0.933. The lowest BCUT2D eigenvalue weighted by Gasteiger charge is -1.98. The molecule has 0 spiro atoms. The van der Waals surface area contributed by atoms with Crippen molar-refractivity contribution in [3.05, 3.63) is 12.2 Å². The molecule has 0 radical (unpaired) electrons. The van der Waals surface area contributed by atoms with Gasteiger partial charge in [-0.1, -0.05) is 26.0 Å². The third kappa shape index (κ3) is 5.83. The molecule has 0 heterocycles. The molecule has 1 nitrogen and oxygen atoms in total. The zero-order chi connectivity index (χ0) is 7.98. The second-order valence-electron chi connectivity index (χ2n) is 2.37. The van der Waals surface area contributed by atoms with Crippen LogP contribution < -0.4 is 0 Å². The molecule has 1 unspecified atom stereocenters.